The number of hydrogen-bond acceptors (Lipinski definition) is 5. The van der Waals surface area contributed by atoms with E-state index < -0.39 is 12.1 Å². The highest BCUT2D eigenvalue weighted by atomic mass is 16.5. The van der Waals surface area contributed by atoms with Crippen LogP contribution in [0, 0.1) is 5.41 Å². The normalized spacial score (nSPS) is 13.5. The minimum absolute atomic E-state index is 0.0850. The van der Waals surface area contributed by atoms with Crippen LogP contribution >= 0.6 is 0 Å². The number of rotatable bonds is 6. The Morgan fingerprint density at radius 3 is 2.58 bits per heavy atom. The largest absolute Gasteiger partial charge is 0.476 e. The van der Waals surface area contributed by atoms with E-state index in [2.05, 4.69) is 10.3 Å². The highest BCUT2D eigenvalue weighted by molar-refractivity contribution is 5.86. The van der Waals surface area contributed by atoms with E-state index in [0.29, 0.717) is 18.7 Å². The Hall–Kier alpha value is -1.47. The molecule has 0 fully saturated rings. The summed E-state index contributed by atoms with van der Waals surface area (Å²) in [6, 6.07) is 0. The lowest BCUT2D eigenvalue weighted by Gasteiger charge is -2.26. The highest BCUT2D eigenvalue weighted by Gasteiger charge is 2.26. The molecule has 0 aliphatic heterocycles. The van der Waals surface area contributed by atoms with Crippen molar-refractivity contribution < 1.29 is 19.7 Å². The van der Waals surface area contributed by atoms with Gasteiger partial charge in [-0.05, 0) is 5.41 Å². The lowest BCUT2D eigenvalue weighted by atomic mass is 9.89. The molecular formula is C12H21N3O4. The summed E-state index contributed by atoms with van der Waals surface area (Å²) in [7, 11) is 1.54. The minimum Gasteiger partial charge on any atom is -0.476 e. The van der Waals surface area contributed by atoms with Crippen LogP contribution in [0.15, 0.2) is 0 Å². The third-order valence-electron chi connectivity index (χ3n) is 2.93. The molecule has 1 atom stereocenters. The molecule has 0 amide bonds. The van der Waals surface area contributed by atoms with Crippen molar-refractivity contribution in [3.63, 3.8) is 0 Å². The maximum absolute atomic E-state index is 11.1. The van der Waals surface area contributed by atoms with E-state index in [-0.39, 0.29) is 17.7 Å². The second-order valence-electron chi connectivity index (χ2n) is 5.50. The van der Waals surface area contributed by atoms with Crippen LogP contribution in [0.2, 0.25) is 0 Å². The van der Waals surface area contributed by atoms with Gasteiger partial charge >= 0.3 is 5.97 Å². The fraction of sp³-hybridized carbons (Fsp3) is 0.750. The molecule has 0 saturated heterocycles. The van der Waals surface area contributed by atoms with Crippen molar-refractivity contribution in [1.29, 1.82) is 0 Å². The Balaban J connectivity index is 2.97. The van der Waals surface area contributed by atoms with Crippen molar-refractivity contribution >= 4 is 5.97 Å². The van der Waals surface area contributed by atoms with Crippen LogP contribution in [-0.2, 0) is 17.7 Å². The highest BCUT2D eigenvalue weighted by Crippen LogP contribution is 2.21. The quantitative estimate of drug-likeness (QED) is 0.785. The summed E-state index contributed by atoms with van der Waals surface area (Å²) in [5.74, 6) is -1.12. The van der Waals surface area contributed by atoms with Crippen LogP contribution in [0.3, 0.4) is 0 Å². The van der Waals surface area contributed by atoms with E-state index in [0.717, 1.165) is 0 Å². The zero-order chi connectivity index (χ0) is 14.6. The zero-order valence-corrected chi connectivity index (χ0v) is 11.8. The van der Waals surface area contributed by atoms with Gasteiger partial charge in [0, 0.05) is 13.5 Å². The predicted octanol–water partition coefficient (Wildman–Crippen LogP) is 0.572. The van der Waals surface area contributed by atoms with Gasteiger partial charge in [0.1, 0.15) is 0 Å². The average Bonchev–Trinajstić information content (AvgIpc) is 2.68. The molecule has 0 aliphatic rings. The van der Waals surface area contributed by atoms with Crippen molar-refractivity contribution in [2.45, 2.75) is 39.8 Å². The van der Waals surface area contributed by atoms with Crippen molar-refractivity contribution in [2.24, 2.45) is 5.41 Å². The molecule has 108 valence electrons. The molecular weight excluding hydrogens is 250 g/mol. The Morgan fingerprint density at radius 2 is 2.11 bits per heavy atom. The van der Waals surface area contributed by atoms with Gasteiger partial charge in [-0.25, -0.2) is 9.48 Å². The Bertz CT molecular complexity index is 437. The fourth-order valence-corrected chi connectivity index (χ4v) is 1.53. The molecule has 7 nitrogen and oxygen atoms in total. The van der Waals surface area contributed by atoms with Crippen LogP contribution < -0.4 is 0 Å². The molecule has 7 heteroatoms. The molecule has 0 spiro atoms. The van der Waals surface area contributed by atoms with Crippen molar-refractivity contribution in [3.05, 3.63) is 11.4 Å². The number of carboxylic acids is 1. The van der Waals surface area contributed by atoms with Gasteiger partial charge in [0.15, 0.2) is 5.69 Å². The molecule has 2 N–H and O–H groups in total. The Labute approximate surface area is 112 Å². The number of aromatic carboxylic acids is 1. The molecule has 0 aromatic carbocycles. The number of carbonyl (C=O) groups is 1. The number of methoxy groups -OCH3 is 1. The van der Waals surface area contributed by atoms with Gasteiger partial charge in [0.25, 0.3) is 0 Å². The van der Waals surface area contributed by atoms with Crippen LogP contribution in [0.5, 0.6) is 0 Å². The maximum atomic E-state index is 11.1. The van der Waals surface area contributed by atoms with E-state index >= 15 is 0 Å². The van der Waals surface area contributed by atoms with Gasteiger partial charge in [-0.3, -0.25) is 0 Å². The van der Waals surface area contributed by atoms with Gasteiger partial charge in [-0.15, -0.1) is 5.10 Å². The first-order valence-corrected chi connectivity index (χ1v) is 6.10. The minimum atomic E-state index is -1.12. The van der Waals surface area contributed by atoms with Crippen LogP contribution in [-0.4, -0.2) is 51.0 Å². The van der Waals surface area contributed by atoms with Crippen LogP contribution in [0.25, 0.3) is 0 Å². The smallest absolute Gasteiger partial charge is 0.358 e. The Morgan fingerprint density at radius 1 is 1.47 bits per heavy atom. The molecule has 0 saturated carbocycles. The van der Waals surface area contributed by atoms with Crippen molar-refractivity contribution in [3.8, 4) is 0 Å². The first-order chi connectivity index (χ1) is 8.77. The third-order valence-corrected chi connectivity index (χ3v) is 2.93. The molecule has 0 aliphatic carbocycles. The molecule has 1 heterocycles. The van der Waals surface area contributed by atoms with Crippen molar-refractivity contribution in [2.75, 3.05) is 13.7 Å². The lowest BCUT2D eigenvalue weighted by Crippen LogP contribution is -2.31. The maximum Gasteiger partial charge on any atom is 0.358 e. The SMILES string of the molecule is COCCc1c(C(=O)O)nnn1CC(O)C(C)(C)C. The van der Waals surface area contributed by atoms with Gasteiger partial charge < -0.3 is 14.9 Å². The Kier molecular flexibility index (Phi) is 5.02. The number of aromatic nitrogens is 3. The number of nitrogens with zero attached hydrogens (tertiary/aromatic N) is 3. The number of hydrogen-bond donors (Lipinski definition) is 2. The topological polar surface area (TPSA) is 97.5 Å². The molecule has 1 rings (SSSR count). The summed E-state index contributed by atoms with van der Waals surface area (Å²) < 4.78 is 6.40. The number of carboxylic acid groups (broad SMARTS) is 1. The molecule has 1 unspecified atom stereocenters. The van der Waals surface area contributed by atoms with E-state index in [9.17, 15) is 9.90 Å². The lowest BCUT2D eigenvalue weighted by molar-refractivity contribution is 0.0435. The summed E-state index contributed by atoms with van der Waals surface area (Å²) in [5, 5.41) is 26.6. The molecule has 1 aromatic heterocycles. The predicted molar refractivity (Wildman–Crippen MR) is 68.0 cm³/mol. The number of aliphatic hydroxyl groups excluding tert-OH is 1. The standard InChI is InChI=1S/C12H21N3O4/c1-12(2,3)9(16)7-15-8(5-6-19-4)10(11(17)18)13-14-15/h9,16H,5-7H2,1-4H3,(H,17,18). The molecule has 19 heavy (non-hydrogen) atoms. The fourth-order valence-electron chi connectivity index (χ4n) is 1.53. The molecule has 0 radical (unpaired) electrons. The summed E-state index contributed by atoms with van der Waals surface area (Å²) in [6.07, 6.45) is -0.251. The van der Waals surface area contributed by atoms with Crippen LogP contribution in [0.1, 0.15) is 37.0 Å². The van der Waals surface area contributed by atoms with Gasteiger partial charge in [0.2, 0.25) is 0 Å². The summed E-state index contributed by atoms with van der Waals surface area (Å²) >= 11 is 0. The van der Waals surface area contributed by atoms with Gasteiger partial charge in [-0.1, -0.05) is 26.0 Å². The van der Waals surface area contributed by atoms with E-state index in [1.807, 2.05) is 20.8 Å². The molecule has 1 aromatic rings. The second-order valence-corrected chi connectivity index (χ2v) is 5.50. The number of ether oxygens (including phenoxy) is 1. The molecule has 0 bridgehead atoms. The third kappa shape index (κ3) is 4.00. The van der Waals surface area contributed by atoms with E-state index in [4.69, 9.17) is 9.84 Å². The summed E-state index contributed by atoms with van der Waals surface area (Å²) in [5.41, 5.74) is 0.0734. The van der Waals surface area contributed by atoms with Crippen LogP contribution in [0.4, 0.5) is 0 Å². The second kappa shape index (κ2) is 6.12. The summed E-state index contributed by atoms with van der Waals surface area (Å²) in [4.78, 5) is 11.1. The van der Waals surface area contributed by atoms with E-state index in [1.54, 1.807) is 7.11 Å². The van der Waals surface area contributed by atoms with Crippen molar-refractivity contribution in [1.82, 2.24) is 15.0 Å². The average molecular weight is 271 g/mol. The zero-order valence-electron chi connectivity index (χ0n) is 11.8. The van der Waals surface area contributed by atoms with Gasteiger partial charge in [0.05, 0.1) is 24.9 Å². The first-order valence-electron chi connectivity index (χ1n) is 6.10. The van der Waals surface area contributed by atoms with Gasteiger partial charge in [-0.2, -0.15) is 0 Å². The van der Waals surface area contributed by atoms with E-state index in [1.165, 1.54) is 4.68 Å². The number of aliphatic hydroxyl groups is 1. The summed E-state index contributed by atoms with van der Waals surface area (Å²) in [6.45, 7) is 6.30. The monoisotopic (exact) mass is 271 g/mol. The first kappa shape index (κ1) is 15.6.